The van der Waals surface area contributed by atoms with Crippen molar-refractivity contribution in [1.82, 2.24) is 9.13 Å². The summed E-state index contributed by atoms with van der Waals surface area (Å²) in [5, 5.41) is 19.3. The Morgan fingerprint density at radius 3 is 2.39 bits per heavy atom. The van der Waals surface area contributed by atoms with Crippen molar-refractivity contribution in [3.8, 4) is 17.4 Å². The smallest absolute Gasteiger partial charge is 0.333 e. The highest BCUT2D eigenvalue weighted by atomic mass is 16.5. The second-order valence-corrected chi connectivity index (χ2v) is 5.95. The molecule has 28 heavy (non-hydrogen) atoms. The summed E-state index contributed by atoms with van der Waals surface area (Å²) in [5.74, 6) is -0.798. The van der Waals surface area contributed by atoms with E-state index in [9.17, 15) is 24.6 Å². The fourth-order valence-electron chi connectivity index (χ4n) is 2.62. The molecule has 0 spiro atoms. The Morgan fingerprint density at radius 1 is 1.18 bits per heavy atom. The molecule has 0 saturated carbocycles. The third kappa shape index (κ3) is 4.05. The maximum atomic E-state index is 12.3. The van der Waals surface area contributed by atoms with Crippen LogP contribution < -0.4 is 20.7 Å². The number of nitrogens with zero attached hydrogens (tertiary/aromatic N) is 3. The van der Waals surface area contributed by atoms with Gasteiger partial charge in [0.05, 0.1) is 26.7 Å². The molecular weight excluding hydrogens is 370 g/mol. The number of benzene rings is 1. The lowest BCUT2D eigenvalue weighted by Gasteiger charge is -2.14. The largest absolute Gasteiger partial charge is 0.494 e. The van der Waals surface area contributed by atoms with E-state index in [4.69, 9.17) is 9.47 Å². The second-order valence-electron chi connectivity index (χ2n) is 5.95. The van der Waals surface area contributed by atoms with Crippen LogP contribution in [0, 0.1) is 0 Å². The average Bonchev–Trinajstić information content (AvgIpc) is 2.69. The first-order chi connectivity index (χ1) is 13.2. The number of aromatic hydroxyl groups is 1. The van der Waals surface area contributed by atoms with Crippen molar-refractivity contribution in [2.24, 2.45) is 19.1 Å². The standard InChI is InChI=1S/C18H21N3O7/c1-20-16(24)11(17(25)21(2)18(20)26)9-19-12(8-15(22)23)10-5-6-13(27-3)14(7-10)28-4/h5-7,9,12,24H,8H2,1-4H3,(H,22,23)/t12-/m1/s1. The lowest BCUT2D eigenvalue weighted by molar-refractivity contribution is -0.137. The molecular formula is C18H21N3O7. The molecule has 0 aliphatic carbocycles. The van der Waals surface area contributed by atoms with E-state index in [2.05, 4.69) is 4.99 Å². The van der Waals surface area contributed by atoms with Crippen molar-refractivity contribution in [3.05, 3.63) is 50.2 Å². The summed E-state index contributed by atoms with van der Waals surface area (Å²) in [6.07, 6.45) is 0.709. The van der Waals surface area contributed by atoms with Gasteiger partial charge in [0.1, 0.15) is 5.56 Å². The molecule has 0 bridgehead atoms. The van der Waals surface area contributed by atoms with Gasteiger partial charge in [-0.2, -0.15) is 0 Å². The quantitative estimate of drug-likeness (QED) is 0.655. The topological polar surface area (TPSA) is 132 Å². The number of methoxy groups -OCH3 is 2. The lowest BCUT2D eigenvalue weighted by atomic mass is 10.0. The van der Waals surface area contributed by atoms with Crippen molar-refractivity contribution < 1.29 is 24.5 Å². The van der Waals surface area contributed by atoms with Crippen LogP contribution in [-0.2, 0) is 18.9 Å². The van der Waals surface area contributed by atoms with Gasteiger partial charge in [-0.1, -0.05) is 6.07 Å². The molecule has 10 heteroatoms. The third-order valence-electron chi connectivity index (χ3n) is 4.21. The summed E-state index contributed by atoms with van der Waals surface area (Å²) in [5.41, 5.74) is -1.15. The molecule has 2 aromatic rings. The zero-order valence-electron chi connectivity index (χ0n) is 15.9. The van der Waals surface area contributed by atoms with Crippen molar-refractivity contribution >= 4 is 12.2 Å². The number of aliphatic carboxylic acids is 1. The Bertz CT molecular complexity index is 1040. The molecule has 0 aliphatic rings. The van der Waals surface area contributed by atoms with Crippen LogP contribution in [0.25, 0.3) is 0 Å². The van der Waals surface area contributed by atoms with Gasteiger partial charge in [0, 0.05) is 20.3 Å². The minimum absolute atomic E-state index is 0.222. The minimum atomic E-state index is -1.10. The van der Waals surface area contributed by atoms with Gasteiger partial charge in [-0.15, -0.1) is 0 Å². The van der Waals surface area contributed by atoms with Crippen molar-refractivity contribution in [2.45, 2.75) is 12.5 Å². The predicted octanol–water partition coefficient (Wildman–Crippen LogP) is 0.442. The maximum Gasteiger partial charge on any atom is 0.333 e. The van der Waals surface area contributed by atoms with Gasteiger partial charge in [-0.05, 0) is 17.7 Å². The van der Waals surface area contributed by atoms with Gasteiger partial charge in [0.2, 0.25) is 5.88 Å². The monoisotopic (exact) mass is 391 g/mol. The van der Waals surface area contributed by atoms with E-state index in [1.807, 2.05) is 0 Å². The van der Waals surface area contributed by atoms with Crippen LogP contribution in [0.1, 0.15) is 23.6 Å². The molecule has 0 aliphatic heterocycles. The number of aliphatic imine (C=N–C) groups is 1. The van der Waals surface area contributed by atoms with E-state index in [-0.39, 0.29) is 12.0 Å². The van der Waals surface area contributed by atoms with Gasteiger partial charge >= 0.3 is 11.7 Å². The second kappa shape index (κ2) is 8.42. The zero-order valence-corrected chi connectivity index (χ0v) is 15.9. The van der Waals surface area contributed by atoms with Crippen LogP contribution in [0.2, 0.25) is 0 Å². The zero-order chi connectivity index (χ0) is 21.0. The third-order valence-corrected chi connectivity index (χ3v) is 4.21. The van der Waals surface area contributed by atoms with Crippen LogP contribution in [0.15, 0.2) is 32.8 Å². The first-order valence-electron chi connectivity index (χ1n) is 8.17. The highest BCUT2D eigenvalue weighted by molar-refractivity contribution is 5.82. The van der Waals surface area contributed by atoms with Gasteiger partial charge in [0.15, 0.2) is 11.5 Å². The molecule has 1 aromatic carbocycles. The molecule has 0 radical (unpaired) electrons. The van der Waals surface area contributed by atoms with E-state index < -0.39 is 29.1 Å². The van der Waals surface area contributed by atoms with Crippen LogP contribution in [-0.4, -0.2) is 45.8 Å². The number of carboxylic acid groups (broad SMARTS) is 1. The first kappa shape index (κ1) is 20.7. The SMILES string of the molecule is COc1ccc([C@@H](CC(=O)O)N=Cc2c(O)n(C)c(=O)n(C)c2=O)cc1OC. The molecule has 150 valence electrons. The molecule has 1 aromatic heterocycles. The molecule has 2 N–H and O–H groups in total. The summed E-state index contributed by atoms with van der Waals surface area (Å²) in [7, 11) is 5.49. The highest BCUT2D eigenvalue weighted by Crippen LogP contribution is 2.32. The Balaban J connectivity index is 2.54. The van der Waals surface area contributed by atoms with Crippen LogP contribution in [0.5, 0.6) is 17.4 Å². The molecule has 1 atom stereocenters. The van der Waals surface area contributed by atoms with E-state index in [1.54, 1.807) is 18.2 Å². The number of hydrogen-bond donors (Lipinski definition) is 2. The fourth-order valence-corrected chi connectivity index (χ4v) is 2.62. The summed E-state index contributed by atoms with van der Waals surface area (Å²) in [6.45, 7) is 0. The van der Waals surface area contributed by atoms with E-state index in [0.717, 1.165) is 15.3 Å². The van der Waals surface area contributed by atoms with Gasteiger partial charge < -0.3 is 19.7 Å². The summed E-state index contributed by atoms with van der Waals surface area (Å²) in [6, 6.07) is 3.97. The summed E-state index contributed by atoms with van der Waals surface area (Å²) >= 11 is 0. The van der Waals surface area contributed by atoms with Gasteiger partial charge in [-0.25, -0.2) is 4.79 Å². The van der Waals surface area contributed by atoms with E-state index >= 15 is 0 Å². The number of aromatic nitrogens is 2. The number of rotatable bonds is 7. The number of carbonyl (C=O) groups is 1. The fraction of sp³-hybridized carbons (Fsp3) is 0.333. The Labute approximate surface area is 159 Å². The van der Waals surface area contributed by atoms with Crippen LogP contribution >= 0.6 is 0 Å². The Kier molecular flexibility index (Phi) is 6.24. The summed E-state index contributed by atoms with van der Waals surface area (Å²) in [4.78, 5) is 39.5. The minimum Gasteiger partial charge on any atom is -0.494 e. The van der Waals surface area contributed by atoms with Gasteiger partial charge in [0.25, 0.3) is 5.56 Å². The Morgan fingerprint density at radius 2 is 1.82 bits per heavy atom. The van der Waals surface area contributed by atoms with Crippen LogP contribution in [0.4, 0.5) is 0 Å². The molecule has 0 amide bonds. The first-order valence-corrected chi connectivity index (χ1v) is 8.17. The predicted molar refractivity (Wildman–Crippen MR) is 101 cm³/mol. The summed E-state index contributed by atoms with van der Waals surface area (Å²) < 4.78 is 12.1. The molecule has 10 nitrogen and oxygen atoms in total. The van der Waals surface area contributed by atoms with Crippen molar-refractivity contribution in [1.29, 1.82) is 0 Å². The lowest BCUT2D eigenvalue weighted by Crippen LogP contribution is -2.38. The molecule has 0 fully saturated rings. The molecule has 2 rings (SSSR count). The molecule has 1 heterocycles. The van der Waals surface area contributed by atoms with E-state index in [0.29, 0.717) is 17.1 Å². The van der Waals surface area contributed by atoms with Crippen LogP contribution in [0.3, 0.4) is 0 Å². The highest BCUT2D eigenvalue weighted by Gasteiger charge is 2.18. The normalized spacial score (nSPS) is 12.1. The molecule has 0 saturated heterocycles. The van der Waals surface area contributed by atoms with Crippen molar-refractivity contribution in [3.63, 3.8) is 0 Å². The number of carboxylic acids is 1. The van der Waals surface area contributed by atoms with E-state index in [1.165, 1.54) is 28.3 Å². The number of hydrogen-bond acceptors (Lipinski definition) is 7. The Hall–Kier alpha value is -3.56. The maximum absolute atomic E-state index is 12.3. The number of ether oxygens (including phenoxy) is 2. The van der Waals surface area contributed by atoms with Gasteiger partial charge in [-0.3, -0.25) is 23.7 Å². The average molecular weight is 391 g/mol. The van der Waals surface area contributed by atoms with Crippen molar-refractivity contribution in [2.75, 3.05) is 14.2 Å². The molecule has 0 unspecified atom stereocenters.